The molecule has 1 aliphatic rings. The summed E-state index contributed by atoms with van der Waals surface area (Å²) in [5, 5.41) is 0.353. The van der Waals surface area contributed by atoms with Gasteiger partial charge in [-0.1, -0.05) is 51.1 Å². The third-order valence-corrected chi connectivity index (χ3v) is 9.81. The SMILES string of the molecule is CCOC(=O)c1c(N=Cc2ccc3c(c2)C(C)c2cc(C(C)(C=O)CC)ccc2-3)sc(C(C)(N)CC)c1C(=O)OCC. The Morgan fingerprint density at radius 3 is 2.10 bits per heavy atom. The highest BCUT2D eigenvalue weighted by Gasteiger charge is 2.36. The van der Waals surface area contributed by atoms with Crippen LogP contribution in [0.25, 0.3) is 11.1 Å². The molecule has 2 N–H and O–H groups in total. The van der Waals surface area contributed by atoms with Crippen molar-refractivity contribution in [3.63, 3.8) is 0 Å². The van der Waals surface area contributed by atoms with Crippen LogP contribution in [0.5, 0.6) is 0 Å². The molecule has 0 fully saturated rings. The van der Waals surface area contributed by atoms with Crippen molar-refractivity contribution in [1.82, 2.24) is 0 Å². The van der Waals surface area contributed by atoms with E-state index in [1.165, 1.54) is 28.0 Å². The van der Waals surface area contributed by atoms with Crippen LogP contribution in [0.4, 0.5) is 5.00 Å². The van der Waals surface area contributed by atoms with Crippen LogP contribution in [-0.2, 0) is 25.2 Å². The molecule has 7 nitrogen and oxygen atoms in total. The van der Waals surface area contributed by atoms with Gasteiger partial charge in [0.2, 0.25) is 0 Å². The molecule has 0 amide bonds. The maximum Gasteiger partial charge on any atom is 0.342 e. The predicted octanol–water partition coefficient (Wildman–Crippen LogP) is 7.43. The minimum Gasteiger partial charge on any atom is -0.462 e. The Balaban J connectivity index is 1.77. The summed E-state index contributed by atoms with van der Waals surface area (Å²) in [6, 6.07) is 12.5. The van der Waals surface area contributed by atoms with E-state index >= 15 is 0 Å². The van der Waals surface area contributed by atoms with Crippen molar-refractivity contribution in [2.24, 2.45) is 10.7 Å². The molecule has 0 aliphatic heterocycles. The van der Waals surface area contributed by atoms with Crippen LogP contribution in [0, 0.1) is 0 Å². The number of aliphatic imine (C=N–C) groups is 1. The van der Waals surface area contributed by atoms with Crippen LogP contribution < -0.4 is 5.73 Å². The third kappa shape index (κ3) is 5.57. The fourth-order valence-corrected chi connectivity index (χ4v) is 6.56. The van der Waals surface area contributed by atoms with Gasteiger partial charge in [-0.25, -0.2) is 14.6 Å². The standard InChI is InChI=1S/C34H40N2O5S/c1-8-33(6,19-37)22-13-15-24-23-14-12-21(16-25(23)20(5)26(24)17-22)18-36-30-28(32(39)41-11-4)27(31(38)40-10-3)29(42-30)34(7,35)9-2/h12-20H,8-11,35H2,1-7H3. The maximum atomic E-state index is 13.1. The monoisotopic (exact) mass is 588 g/mol. The normalized spacial score (nSPS) is 16.8. The smallest absolute Gasteiger partial charge is 0.342 e. The molecule has 0 bridgehead atoms. The summed E-state index contributed by atoms with van der Waals surface area (Å²) >= 11 is 1.22. The topological polar surface area (TPSA) is 108 Å². The average molecular weight is 589 g/mol. The van der Waals surface area contributed by atoms with Gasteiger partial charge in [-0.15, -0.1) is 11.3 Å². The van der Waals surface area contributed by atoms with Gasteiger partial charge < -0.3 is 20.0 Å². The number of aldehydes is 1. The fourth-order valence-electron chi connectivity index (χ4n) is 5.31. The van der Waals surface area contributed by atoms with Gasteiger partial charge in [-0.05, 0) is 80.0 Å². The Kier molecular flexibility index (Phi) is 9.18. The van der Waals surface area contributed by atoms with Gasteiger partial charge >= 0.3 is 11.9 Å². The number of hydrogen-bond acceptors (Lipinski definition) is 8. The zero-order valence-corrected chi connectivity index (χ0v) is 26.3. The van der Waals surface area contributed by atoms with E-state index in [9.17, 15) is 14.4 Å². The van der Waals surface area contributed by atoms with Crippen molar-refractivity contribution in [2.45, 2.75) is 78.2 Å². The molecule has 3 aromatic rings. The molecule has 3 unspecified atom stereocenters. The highest BCUT2D eigenvalue weighted by molar-refractivity contribution is 7.16. The first-order valence-electron chi connectivity index (χ1n) is 14.6. The number of carbonyl (C=O) groups excluding carboxylic acids is 3. The van der Waals surface area contributed by atoms with Gasteiger partial charge in [0.25, 0.3) is 0 Å². The molecule has 0 radical (unpaired) electrons. The molecule has 0 saturated heterocycles. The van der Waals surface area contributed by atoms with E-state index in [4.69, 9.17) is 20.2 Å². The Morgan fingerprint density at radius 2 is 1.52 bits per heavy atom. The molecule has 3 atom stereocenters. The second-order valence-corrected chi connectivity index (χ2v) is 12.2. The summed E-state index contributed by atoms with van der Waals surface area (Å²) in [7, 11) is 0. The number of hydrogen-bond donors (Lipinski definition) is 1. The first-order chi connectivity index (χ1) is 20.0. The number of fused-ring (bicyclic) bond motifs is 3. The van der Waals surface area contributed by atoms with Crippen molar-refractivity contribution in [1.29, 1.82) is 0 Å². The average Bonchev–Trinajstić information content (AvgIpc) is 3.52. The predicted molar refractivity (Wildman–Crippen MR) is 168 cm³/mol. The van der Waals surface area contributed by atoms with E-state index in [1.54, 1.807) is 20.1 Å². The van der Waals surface area contributed by atoms with Gasteiger partial charge in [-0.3, -0.25) is 0 Å². The molecule has 0 saturated carbocycles. The van der Waals surface area contributed by atoms with Gasteiger partial charge in [0.05, 0.1) is 18.8 Å². The first-order valence-corrected chi connectivity index (χ1v) is 15.4. The van der Waals surface area contributed by atoms with E-state index in [2.05, 4.69) is 37.3 Å². The molecule has 222 valence electrons. The van der Waals surface area contributed by atoms with E-state index < -0.39 is 22.9 Å². The summed E-state index contributed by atoms with van der Waals surface area (Å²) in [5.41, 5.74) is 12.0. The molecule has 42 heavy (non-hydrogen) atoms. The number of nitrogens with zero attached hydrogens (tertiary/aromatic N) is 1. The van der Waals surface area contributed by atoms with Crippen LogP contribution in [0.1, 0.15) is 115 Å². The van der Waals surface area contributed by atoms with Crippen LogP contribution in [0.2, 0.25) is 0 Å². The third-order valence-electron chi connectivity index (χ3n) is 8.44. The molecule has 1 heterocycles. The lowest BCUT2D eigenvalue weighted by atomic mass is 9.80. The summed E-state index contributed by atoms with van der Waals surface area (Å²) in [6.07, 6.45) is 4.02. The van der Waals surface area contributed by atoms with E-state index in [0.717, 1.165) is 29.4 Å². The van der Waals surface area contributed by atoms with Crippen molar-refractivity contribution < 1.29 is 23.9 Å². The molecule has 4 rings (SSSR count). The molecule has 0 spiro atoms. The number of rotatable bonds is 11. The highest BCUT2D eigenvalue weighted by Crippen LogP contribution is 2.47. The fraction of sp³-hybridized carbons (Fsp3) is 0.412. The number of carbonyl (C=O) groups is 3. The Hall–Kier alpha value is -3.62. The summed E-state index contributed by atoms with van der Waals surface area (Å²) in [4.78, 5) is 43.4. The van der Waals surface area contributed by atoms with Crippen LogP contribution in [-0.4, -0.2) is 37.7 Å². The van der Waals surface area contributed by atoms with Crippen LogP contribution >= 0.6 is 11.3 Å². The lowest BCUT2D eigenvalue weighted by Gasteiger charge is -2.23. The van der Waals surface area contributed by atoms with Crippen LogP contribution in [0.15, 0.2) is 41.4 Å². The number of nitrogens with two attached hydrogens (primary N) is 1. The molecule has 1 aliphatic carbocycles. The number of thiophene rings is 1. The molecular weight excluding hydrogens is 548 g/mol. The molecular formula is C34H40N2O5S. The van der Waals surface area contributed by atoms with E-state index in [0.29, 0.717) is 16.3 Å². The van der Waals surface area contributed by atoms with Gasteiger partial charge in [-0.2, -0.15) is 0 Å². The Bertz CT molecular complexity index is 1550. The van der Waals surface area contributed by atoms with Crippen molar-refractivity contribution in [3.05, 3.63) is 74.7 Å². The van der Waals surface area contributed by atoms with Crippen molar-refractivity contribution in [2.75, 3.05) is 13.2 Å². The van der Waals surface area contributed by atoms with Gasteiger partial charge in [0.15, 0.2) is 0 Å². The number of benzene rings is 2. The molecule has 8 heteroatoms. The second kappa shape index (κ2) is 12.3. The Morgan fingerprint density at radius 1 is 0.929 bits per heavy atom. The van der Waals surface area contributed by atoms with Crippen molar-refractivity contribution >= 4 is 40.8 Å². The van der Waals surface area contributed by atoms with Crippen molar-refractivity contribution in [3.8, 4) is 11.1 Å². The van der Waals surface area contributed by atoms with Gasteiger partial charge in [0, 0.05) is 28.0 Å². The van der Waals surface area contributed by atoms with E-state index in [1.807, 2.05) is 33.8 Å². The summed E-state index contributed by atoms with van der Waals surface area (Å²) < 4.78 is 10.7. The second-order valence-electron chi connectivity index (χ2n) is 11.2. The van der Waals surface area contributed by atoms with Crippen LogP contribution in [0.3, 0.4) is 0 Å². The van der Waals surface area contributed by atoms with E-state index in [-0.39, 0.29) is 30.3 Å². The minimum absolute atomic E-state index is 0.0836. The molecule has 2 aromatic carbocycles. The maximum absolute atomic E-state index is 13.1. The lowest BCUT2D eigenvalue weighted by molar-refractivity contribution is -0.112. The zero-order valence-electron chi connectivity index (χ0n) is 25.5. The number of ether oxygens (including phenoxy) is 2. The lowest BCUT2D eigenvalue weighted by Crippen LogP contribution is -2.33. The molecule has 1 aromatic heterocycles. The zero-order chi connectivity index (χ0) is 30.8. The first kappa shape index (κ1) is 31.3. The number of esters is 2. The highest BCUT2D eigenvalue weighted by atomic mass is 32.1. The summed E-state index contributed by atoms with van der Waals surface area (Å²) in [6.45, 7) is 13.7. The Labute approximate surface area is 252 Å². The summed E-state index contributed by atoms with van der Waals surface area (Å²) in [5.74, 6) is -1.11. The van der Waals surface area contributed by atoms with Gasteiger partial charge in [0.1, 0.15) is 16.9 Å². The quantitative estimate of drug-likeness (QED) is 0.142. The minimum atomic E-state index is -0.868. The largest absolute Gasteiger partial charge is 0.462 e.